The molecule has 0 bridgehead atoms. The predicted octanol–water partition coefficient (Wildman–Crippen LogP) is 0.984. The van der Waals surface area contributed by atoms with Gasteiger partial charge in [-0.15, -0.1) is 11.3 Å². The Morgan fingerprint density at radius 2 is 2.24 bits per heavy atom. The fourth-order valence-corrected chi connectivity index (χ4v) is 3.04. The van der Waals surface area contributed by atoms with Crippen LogP contribution in [0.1, 0.15) is 11.8 Å². The molecule has 0 aliphatic heterocycles. The van der Waals surface area contributed by atoms with E-state index in [1.54, 1.807) is 18.4 Å². The van der Waals surface area contributed by atoms with Gasteiger partial charge in [-0.3, -0.25) is 5.43 Å². The van der Waals surface area contributed by atoms with E-state index < -0.39 is 0 Å². The third-order valence-corrected chi connectivity index (χ3v) is 4.31. The van der Waals surface area contributed by atoms with Crippen LogP contribution in [-0.2, 0) is 11.2 Å². The van der Waals surface area contributed by atoms with Crippen molar-refractivity contribution in [1.29, 1.82) is 0 Å². The molecular formula is C13H21N5O2S. The van der Waals surface area contributed by atoms with Crippen molar-refractivity contribution >= 4 is 33.3 Å². The number of anilines is 2. The van der Waals surface area contributed by atoms with E-state index in [-0.39, 0.29) is 6.61 Å². The maximum absolute atomic E-state index is 9.28. The van der Waals surface area contributed by atoms with Crippen molar-refractivity contribution in [3.63, 3.8) is 0 Å². The number of methoxy groups -OCH3 is 1. The number of nitrogens with one attached hydrogen (secondary N) is 1. The average molecular weight is 311 g/mol. The van der Waals surface area contributed by atoms with E-state index in [4.69, 9.17) is 10.6 Å². The molecule has 0 saturated heterocycles. The van der Waals surface area contributed by atoms with Gasteiger partial charge in [0.05, 0.1) is 18.6 Å². The van der Waals surface area contributed by atoms with Gasteiger partial charge in [0.1, 0.15) is 10.6 Å². The van der Waals surface area contributed by atoms with Crippen molar-refractivity contribution < 1.29 is 9.84 Å². The number of aliphatic hydroxyl groups excluding tert-OH is 1. The number of aromatic nitrogens is 2. The smallest absolute Gasteiger partial charge is 0.240 e. The number of aryl methyl sites for hydroxylation is 1. The summed E-state index contributed by atoms with van der Waals surface area (Å²) in [7, 11) is 1.65. The van der Waals surface area contributed by atoms with Crippen molar-refractivity contribution in [2.24, 2.45) is 5.84 Å². The number of fused-ring (bicyclic) bond motifs is 1. The van der Waals surface area contributed by atoms with Gasteiger partial charge in [0.2, 0.25) is 5.95 Å². The zero-order valence-corrected chi connectivity index (χ0v) is 13.1. The zero-order valence-electron chi connectivity index (χ0n) is 12.3. The number of nitrogens with two attached hydrogens (primary N) is 1. The molecule has 0 amide bonds. The highest BCUT2D eigenvalue weighted by Crippen LogP contribution is 2.32. The van der Waals surface area contributed by atoms with Crippen LogP contribution in [-0.4, -0.2) is 48.5 Å². The SMILES string of the molecule is CCc1cc2c(N(CCO)CCOC)nc(NN)nc2s1. The molecule has 0 aromatic carbocycles. The molecule has 116 valence electrons. The van der Waals surface area contributed by atoms with E-state index in [0.29, 0.717) is 25.6 Å². The van der Waals surface area contributed by atoms with Crippen LogP contribution in [0.2, 0.25) is 0 Å². The molecule has 2 aromatic rings. The Bertz CT molecular complexity index is 589. The molecule has 0 fully saturated rings. The second kappa shape index (κ2) is 7.51. The highest BCUT2D eigenvalue weighted by Gasteiger charge is 2.16. The zero-order chi connectivity index (χ0) is 15.2. The number of rotatable bonds is 8. The number of hydrogen-bond acceptors (Lipinski definition) is 8. The average Bonchev–Trinajstić information content (AvgIpc) is 2.93. The van der Waals surface area contributed by atoms with Crippen molar-refractivity contribution in [2.45, 2.75) is 13.3 Å². The maximum atomic E-state index is 9.28. The third-order valence-electron chi connectivity index (χ3n) is 3.14. The van der Waals surface area contributed by atoms with Crippen molar-refractivity contribution in [2.75, 3.05) is 43.7 Å². The van der Waals surface area contributed by atoms with Crippen LogP contribution in [0.3, 0.4) is 0 Å². The highest BCUT2D eigenvalue weighted by molar-refractivity contribution is 7.18. The molecule has 0 radical (unpaired) electrons. The van der Waals surface area contributed by atoms with Crippen LogP contribution in [0, 0.1) is 0 Å². The number of nitrogens with zero attached hydrogens (tertiary/aromatic N) is 3. The van der Waals surface area contributed by atoms with E-state index in [9.17, 15) is 5.11 Å². The topological polar surface area (TPSA) is 96.5 Å². The number of hydrazine groups is 1. The van der Waals surface area contributed by atoms with Gasteiger partial charge >= 0.3 is 0 Å². The molecule has 2 aromatic heterocycles. The van der Waals surface area contributed by atoms with E-state index >= 15 is 0 Å². The molecule has 0 unspecified atom stereocenters. The van der Waals surface area contributed by atoms with Gasteiger partial charge in [0, 0.05) is 25.1 Å². The van der Waals surface area contributed by atoms with Gasteiger partial charge in [-0.2, -0.15) is 4.98 Å². The van der Waals surface area contributed by atoms with E-state index in [1.807, 2.05) is 4.90 Å². The summed E-state index contributed by atoms with van der Waals surface area (Å²) >= 11 is 1.63. The largest absolute Gasteiger partial charge is 0.395 e. The summed E-state index contributed by atoms with van der Waals surface area (Å²) in [4.78, 5) is 13.0. The Kier molecular flexibility index (Phi) is 5.68. The standard InChI is InChI=1S/C13H21N5O2S/c1-3-9-8-10-11(18(4-6-19)5-7-20-2)15-13(17-14)16-12(10)21-9/h8,19H,3-7,14H2,1-2H3,(H,15,16,17). The van der Waals surface area contributed by atoms with E-state index in [2.05, 4.69) is 28.4 Å². The Labute approximate surface area is 127 Å². The monoisotopic (exact) mass is 311 g/mol. The molecule has 0 aliphatic carbocycles. The summed E-state index contributed by atoms with van der Waals surface area (Å²) in [5.74, 6) is 6.61. The van der Waals surface area contributed by atoms with Crippen LogP contribution < -0.4 is 16.2 Å². The third kappa shape index (κ3) is 3.59. The molecule has 8 heteroatoms. The summed E-state index contributed by atoms with van der Waals surface area (Å²) in [6, 6.07) is 2.10. The number of thiophene rings is 1. The summed E-state index contributed by atoms with van der Waals surface area (Å²) in [5.41, 5.74) is 2.50. The Hall–Kier alpha value is -1.48. The fraction of sp³-hybridized carbons (Fsp3) is 0.538. The van der Waals surface area contributed by atoms with E-state index in [1.165, 1.54) is 4.88 Å². The summed E-state index contributed by atoms with van der Waals surface area (Å²) in [6.07, 6.45) is 0.948. The molecular weight excluding hydrogens is 290 g/mol. The van der Waals surface area contributed by atoms with Crippen molar-refractivity contribution in [3.8, 4) is 0 Å². The van der Waals surface area contributed by atoms with Gasteiger partial charge < -0.3 is 14.7 Å². The first-order chi connectivity index (χ1) is 10.2. The van der Waals surface area contributed by atoms with Crippen LogP contribution in [0.25, 0.3) is 10.2 Å². The molecule has 7 nitrogen and oxygen atoms in total. The number of aliphatic hydroxyl groups is 1. The minimum atomic E-state index is 0.0470. The van der Waals surface area contributed by atoms with Crippen molar-refractivity contribution in [1.82, 2.24) is 9.97 Å². The lowest BCUT2D eigenvalue weighted by Gasteiger charge is -2.23. The first-order valence-electron chi connectivity index (χ1n) is 6.85. The van der Waals surface area contributed by atoms with Gasteiger partial charge in [-0.1, -0.05) is 6.92 Å². The first-order valence-corrected chi connectivity index (χ1v) is 7.67. The van der Waals surface area contributed by atoms with Crippen LogP contribution in [0.5, 0.6) is 0 Å². The Balaban J connectivity index is 2.48. The van der Waals surface area contributed by atoms with Gasteiger partial charge in [-0.25, -0.2) is 10.8 Å². The van der Waals surface area contributed by atoms with E-state index in [0.717, 1.165) is 22.5 Å². The van der Waals surface area contributed by atoms with Crippen molar-refractivity contribution in [3.05, 3.63) is 10.9 Å². The number of ether oxygens (including phenoxy) is 1. The molecule has 21 heavy (non-hydrogen) atoms. The first kappa shape index (κ1) is 15.9. The van der Waals surface area contributed by atoms with Crippen LogP contribution in [0.15, 0.2) is 6.07 Å². The second-order valence-electron chi connectivity index (χ2n) is 4.50. The maximum Gasteiger partial charge on any atom is 0.240 e. The summed E-state index contributed by atoms with van der Waals surface area (Å²) < 4.78 is 5.13. The molecule has 4 N–H and O–H groups in total. The van der Waals surface area contributed by atoms with Gasteiger partial charge in [0.15, 0.2) is 0 Å². The Morgan fingerprint density at radius 1 is 1.43 bits per heavy atom. The Morgan fingerprint density at radius 3 is 2.86 bits per heavy atom. The van der Waals surface area contributed by atoms with Gasteiger partial charge in [-0.05, 0) is 12.5 Å². The lowest BCUT2D eigenvalue weighted by Crippen LogP contribution is -2.31. The molecule has 0 atom stereocenters. The molecule has 2 rings (SSSR count). The van der Waals surface area contributed by atoms with Gasteiger partial charge in [0.25, 0.3) is 0 Å². The number of nitrogen functional groups attached to an aromatic ring is 1. The minimum absolute atomic E-state index is 0.0470. The molecule has 0 spiro atoms. The lowest BCUT2D eigenvalue weighted by atomic mass is 10.3. The van der Waals surface area contributed by atoms with Crippen LogP contribution >= 0.6 is 11.3 Å². The molecule has 0 aliphatic rings. The highest BCUT2D eigenvalue weighted by atomic mass is 32.1. The fourth-order valence-electron chi connectivity index (χ4n) is 2.08. The summed E-state index contributed by atoms with van der Waals surface area (Å²) in [5, 5.41) is 10.3. The normalized spacial score (nSPS) is 11.0. The number of hydrogen-bond donors (Lipinski definition) is 3. The lowest BCUT2D eigenvalue weighted by molar-refractivity contribution is 0.202. The molecule has 2 heterocycles. The van der Waals surface area contributed by atoms with Crippen LogP contribution in [0.4, 0.5) is 11.8 Å². The second-order valence-corrected chi connectivity index (χ2v) is 5.62. The minimum Gasteiger partial charge on any atom is -0.395 e. The summed E-state index contributed by atoms with van der Waals surface area (Å²) in [6.45, 7) is 3.84. The quantitative estimate of drug-likeness (QED) is 0.494. The molecule has 0 saturated carbocycles. The predicted molar refractivity (Wildman–Crippen MR) is 85.8 cm³/mol.